The van der Waals surface area contributed by atoms with Crippen LogP contribution in [0.2, 0.25) is 0 Å². The number of hydrogen-bond donors (Lipinski definition) is 2. The second-order valence-corrected chi connectivity index (χ2v) is 3.33. The topological polar surface area (TPSA) is 52.6 Å². The third kappa shape index (κ3) is 0.894. The summed E-state index contributed by atoms with van der Waals surface area (Å²) in [7, 11) is 1.94. The number of amides is 1. The molecule has 1 amide bonds. The smallest absolute Gasteiger partial charge is 0.407 e. The van der Waals surface area contributed by atoms with Gasteiger partial charge in [0.05, 0.1) is 0 Å². The van der Waals surface area contributed by atoms with Crippen LogP contribution in [-0.4, -0.2) is 42.3 Å². The summed E-state index contributed by atoms with van der Waals surface area (Å²) in [6.45, 7) is 1.46. The summed E-state index contributed by atoms with van der Waals surface area (Å²) < 4.78 is 0. The molecule has 3 atom stereocenters. The van der Waals surface area contributed by atoms with Gasteiger partial charge in [0.15, 0.2) is 0 Å². The molecule has 62 valence electrons. The van der Waals surface area contributed by atoms with Crippen LogP contribution in [-0.2, 0) is 0 Å². The number of hydrogen-bond acceptors (Lipinski definition) is 2. The number of nitrogens with one attached hydrogen (secondary N) is 1. The normalized spacial score (nSPS) is 40.5. The summed E-state index contributed by atoms with van der Waals surface area (Å²) in [5.74, 6) is 1.19. The molecule has 0 unspecified atom stereocenters. The third-order valence-corrected chi connectivity index (χ3v) is 2.80. The monoisotopic (exact) mass is 156 g/mol. The number of carbonyl (C=O) groups is 1. The van der Waals surface area contributed by atoms with E-state index in [0.29, 0.717) is 17.9 Å². The van der Waals surface area contributed by atoms with Gasteiger partial charge in [-0.2, -0.15) is 0 Å². The predicted molar refractivity (Wildman–Crippen MR) is 39.4 cm³/mol. The number of carboxylic acid groups (broad SMARTS) is 1. The van der Waals surface area contributed by atoms with Gasteiger partial charge >= 0.3 is 6.09 Å². The lowest BCUT2D eigenvalue weighted by Crippen LogP contribution is -2.33. The van der Waals surface area contributed by atoms with E-state index >= 15 is 0 Å². The highest BCUT2D eigenvalue weighted by Crippen LogP contribution is 2.44. The van der Waals surface area contributed by atoms with Gasteiger partial charge in [-0.3, -0.25) is 0 Å². The molecule has 1 saturated carbocycles. The Morgan fingerprint density at radius 1 is 1.55 bits per heavy atom. The van der Waals surface area contributed by atoms with Crippen LogP contribution in [0.5, 0.6) is 0 Å². The van der Waals surface area contributed by atoms with Gasteiger partial charge in [0.2, 0.25) is 0 Å². The molecule has 0 aromatic rings. The zero-order valence-electron chi connectivity index (χ0n) is 6.45. The molecule has 0 aromatic heterocycles. The zero-order chi connectivity index (χ0) is 8.01. The summed E-state index contributed by atoms with van der Waals surface area (Å²) in [6, 6.07) is 0.589. The van der Waals surface area contributed by atoms with Crippen molar-refractivity contribution in [3.05, 3.63) is 0 Å². The van der Waals surface area contributed by atoms with Crippen LogP contribution in [0.4, 0.5) is 4.79 Å². The van der Waals surface area contributed by atoms with Crippen molar-refractivity contribution in [1.82, 2.24) is 10.2 Å². The Hall–Kier alpha value is -0.770. The maximum absolute atomic E-state index is 10.5. The quantitative estimate of drug-likeness (QED) is 0.553. The summed E-state index contributed by atoms with van der Waals surface area (Å²) in [6.07, 6.45) is -0.771. The van der Waals surface area contributed by atoms with E-state index in [9.17, 15) is 4.79 Å². The minimum absolute atomic E-state index is 0.589. The molecule has 1 heterocycles. The van der Waals surface area contributed by atoms with Crippen molar-refractivity contribution in [2.24, 2.45) is 11.8 Å². The maximum atomic E-state index is 10.5. The van der Waals surface area contributed by atoms with Crippen molar-refractivity contribution in [3.63, 3.8) is 0 Å². The highest BCUT2D eigenvalue weighted by atomic mass is 16.4. The Bertz CT molecular complexity index is 183. The number of nitrogens with zero attached hydrogens (tertiary/aromatic N) is 1. The van der Waals surface area contributed by atoms with E-state index in [2.05, 4.69) is 5.32 Å². The Morgan fingerprint density at radius 2 is 2.09 bits per heavy atom. The first-order chi connectivity index (χ1) is 5.24. The second-order valence-electron chi connectivity index (χ2n) is 3.33. The molecule has 4 heteroatoms. The molecule has 1 aliphatic heterocycles. The number of piperidine rings is 1. The van der Waals surface area contributed by atoms with Gasteiger partial charge in [0, 0.05) is 19.1 Å². The molecule has 0 radical (unpaired) electrons. The largest absolute Gasteiger partial charge is 0.465 e. The zero-order valence-corrected chi connectivity index (χ0v) is 6.45. The van der Waals surface area contributed by atoms with E-state index in [1.165, 1.54) is 4.90 Å². The fourth-order valence-corrected chi connectivity index (χ4v) is 2.11. The van der Waals surface area contributed by atoms with Crippen molar-refractivity contribution >= 4 is 6.09 Å². The van der Waals surface area contributed by atoms with Gasteiger partial charge in [0.1, 0.15) is 0 Å². The van der Waals surface area contributed by atoms with Gasteiger partial charge in [-0.15, -0.1) is 0 Å². The highest BCUT2D eigenvalue weighted by molar-refractivity contribution is 5.65. The van der Waals surface area contributed by atoms with Crippen molar-refractivity contribution in [2.75, 3.05) is 20.1 Å². The molecule has 0 spiro atoms. The van der Waals surface area contributed by atoms with Gasteiger partial charge in [-0.05, 0) is 18.9 Å². The molecule has 11 heavy (non-hydrogen) atoms. The Morgan fingerprint density at radius 3 is 2.45 bits per heavy atom. The standard InChI is InChI=1S/C7H12N2O2/c1-8-6-4-2-9(7(10)11)3-5(4)6/h4-6,8H,2-3H2,1H3,(H,10,11)/t4-,5+,6-. The number of fused-ring (bicyclic) bond motifs is 1. The first-order valence-corrected chi connectivity index (χ1v) is 3.89. The van der Waals surface area contributed by atoms with E-state index in [1.54, 1.807) is 0 Å². The van der Waals surface area contributed by atoms with E-state index in [4.69, 9.17) is 5.11 Å². The van der Waals surface area contributed by atoms with Crippen LogP contribution in [0.1, 0.15) is 0 Å². The van der Waals surface area contributed by atoms with Gasteiger partial charge in [-0.1, -0.05) is 0 Å². The Balaban J connectivity index is 1.89. The number of likely N-dealkylation sites (tertiary alicyclic amines) is 1. The molecule has 2 rings (SSSR count). The number of rotatable bonds is 1. The van der Waals surface area contributed by atoms with Crippen LogP contribution in [0.25, 0.3) is 0 Å². The average Bonchev–Trinajstić information content (AvgIpc) is 2.41. The van der Waals surface area contributed by atoms with Crippen LogP contribution in [0, 0.1) is 11.8 Å². The minimum Gasteiger partial charge on any atom is -0.465 e. The third-order valence-electron chi connectivity index (χ3n) is 2.80. The van der Waals surface area contributed by atoms with Crippen molar-refractivity contribution < 1.29 is 9.90 Å². The van der Waals surface area contributed by atoms with E-state index in [1.807, 2.05) is 7.05 Å². The van der Waals surface area contributed by atoms with Gasteiger partial charge in [-0.25, -0.2) is 4.79 Å². The van der Waals surface area contributed by atoms with Gasteiger partial charge < -0.3 is 15.3 Å². The molecular formula is C7H12N2O2. The van der Waals surface area contributed by atoms with Crippen LogP contribution < -0.4 is 5.32 Å². The molecular weight excluding hydrogens is 144 g/mol. The Kier molecular flexibility index (Phi) is 1.32. The minimum atomic E-state index is -0.771. The fourth-order valence-electron chi connectivity index (χ4n) is 2.11. The van der Waals surface area contributed by atoms with E-state index in [0.717, 1.165) is 13.1 Å². The summed E-state index contributed by atoms with van der Waals surface area (Å²) in [4.78, 5) is 12.0. The average molecular weight is 156 g/mol. The summed E-state index contributed by atoms with van der Waals surface area (Å²) >= 11 is 0. The lowest BCUT2D eigenvalue weighted by molar-refractivity contribution is 0.149. The highest BCUT2D eigenvalue weighted by Gasteiger charge is 2.55. The molecule has 0 bridgehead atoms. The Labute approximate surface area is 65.2 Å². The molecule has 1 saturated heterocycles. The van der Waals surface area contributed by atoms with E-state index < -0.39 is 6.09 Å². The molecule has 2 fully saturated rings. The van der Waals surface area contributed by atoms with Crippen LogP contribution in [0.15, 0.2) is 0 Å². The molecule has 2 aliphatic rings. The lowest BCUT2D eigenvalue weighted by Gasteiger charge is -2.14. The van der Waals surface area contributed by atoms with E-state index in [-0.39, 0.29) is 0 Å². The predicted octanol–water partition coefficient (Wildman–Crippen LogP) is -0.186. The van der Waals surface area contributed by atoms with Gasteiger partial charge in [0.25, 0.3) is 0 Å². The SMILES string of the molecule is CN[C@@H]1[C@@H]2CN(C(=O)O)C[C@@H]21. The van der Waals surface area contributed by atoms with Crippen molar-refractivity contribution in [3.8, 4) is 0 Å². The first-order valence-electron chi connectivity index (χ1n) is 3.89. The second kappa shape index (κ2) is 2.11. The maximum Gasteiger partial charge on any atom is 0.407 e. The van der Waals surface area contributed by atoms with Crippen molar-refractivity contribution in [2.45, 2.75) is 6.04 Å². The molecule has 0 aromatic carbocycles. The first kappa shape index (κ1) is 6.91. The van der Waals surface area contributed by atoms with Crippen LogP contribution in [0.3, 0.4) is 0 Å². The molecule has 2 N–H and O–H groups in total. The fraction of sp³-hybridized carbons (Fsp3) is 0.857. The lowest BCUT2D eigenvalue weighted by atomic mass is 10.4. The van der Waals surface area contributed by atoms with Crippen LogP contribution >= 0.6 is 0 Å². The summed E-state index contributed by atoms with van der Waals surface area (Å²) in [5.41, 5.74) is 0. The van der Waals surface area contributed by atoms with Crippen molar-refractivity contribution in [1.29, 1.82) is 0 Å². The molecule has 4 nitrogen and oxygen atoms in total. The molecule has 1 aliphatic carbocycles. The summed E-state index contributed by atoms with van der Waals surface area (Å²) in [5, 5.41) is 11.8.